The fourth-order valence-corrected chi connectivity index (χ4v) is 3.33. The first-order valence-corrected chi connectivity index (χ1v) is 10.0. The summed E-state index contributed by atoms with van der Waals surface area (Å²) in [4.78, 5) is 12.0. The topological polar surface area (TPSA) is 47.6 Å². The molecule has 0 heterocycles. The van der Waals surface area contributed by atoms with Gasteiger partial charge in [0.1, 0.15) is 17.6 Å². The fraction of sp³-hybridized carbons (Fsp3) is 0.458. The highest BCUT2D eigenvalue weighted by atomic mass is 16.5. The van der Waals surface area contributed by atoms with E-state index in [-0.39, 0.29) is 17.8 Å². The molecule has 1 atom stereocenters. The number of nitrogens with one attached hydrogen (secondary N) is 1. The summed E-state index contributed by atoms with van der Waals surface area (Å²) in [5, 5.41) is 3.40. The van der Waals surface area contributed by atoms with Gasteiger partial charge in [-0.15, -0.1) is 0 Å². The molecule has 2 aromatic rings. The minimum atomic E-state index is -0.0212. The summed E-state index contributed by atoms with van der Waals surface area (Å²) < 4.78 is 11.8. The highest BCUT2D eigenvalue weighted by Crippen LogP contribution is 2.31. The van der Waals surface area contributed by atoms with Crippen molar-refractivity contribution >= 4 is 5.78 Å². The van der Waals surface area contributed by atoms with Gasteiger partial charge in [0, 0.05) is 18.5 Å². The van der Waals surface area contributed by atoms with Crippen molar-refractivity contribution in [3.05, 3.63) is 58.7 Å². The second-order valence-corrected chi connectivity index (χ2v) is 7.52. The van der Waals surface area contributed by atoms with Crippen LogP contribution in [0.25, 0.3) is 0 Å². The van der Waals surface area contributed by atoms with Gasteiger partial charge >= 0.3 is 0 Å². The zero-order valence-electron chi connectivity index (χ0n) is 18.0. The van der Waals surface area contributed by atoms with Crippen LogP contribution in [-0.2, 0) is 6.42 Å². The van der Waals surface area contributed by atoms with E-state index in [0.29, 0.717) is 0 Å². The molecule has 1 N–H and O–H groups in total. The molecule has 0 aromatic heterocycles. The highest BCUT2D eigenvalue weighted by Gasteiger charge is 2.18. The van der Waals surface area contributed by atoms with E-state index in [2.05, 4.69) is 38.2 Å². The van der Waals surface area contributed by atoms with E-state index in [9.17, 15) is 4.79 Å². The molecule has 2 aromatic carbocycles. The lowest BCUT2D eigenvalue weighted by Crippen LogP contribution is -2.33. The highest BCUT2D eigenvalue weighted by molar-refractivity contribution is 5.96. The summed E-state index contributed by atoms with van der Waals surface area (Å²) in [7, 11) is 1.68. The molecule has 0 aliphatic carbocycles. The van der Waals surface area contributed by atoms with E-state index in [0.717, 1.165) is 47.7 Å². The van der Waals surface area contributed by atoms with Crippen molar-refractivity contribution in [2.45, 2.75) is 53.1 Å². The molecule has 1 unspecified atom stereocenters. The number of ketones is 1. The van der Waals surface area contributed by atoms with E-state index >= 15 is 0 Å². The van der Waals surface area contributed by atoms with Gasteiger partial charge in [-0.3, -0.25) is 4.79 Å². The number of rotatable bonds is 10. The predicted octanol–water partition coefficient (Wildman–Crippen LogP) is 4.93. The SMILES string of the molecule is CCNCC(Cc1cccc(OC)c1)Oc1cc(C)c(C(C)=O)cc1C(C)C. The predicted molar refractivity (Wildman–Crippen MR) is 115 cm³/mol. The number of hydrogen-bond donors (Lipinski definition) is 1. The van der Waals surface area contributed by atoms with Gasteiger partial charge in [-0.2, -0.15) is 0 Å². The number of carbonyl (C=O) groups is 1. The maximum absolute atomic E-state index is 12.0. The normalized spacial score (nSPS) is 12.1. The summed E-state index contributed by atoms with van der Waals surface area (Å²) in [5.74, 6) is 2.07. The number of benzene rings is 2. The summed E-state index contributed by atoms with van der Waals surface area (Å²) in [6.45, 7) is 11.6. The molecule has 0 aliphatic rings. The zero-order valence-corrected chi connectivity index (χ0v) is 18.0. The fourth-order valence-electron chi connectivity index (χ4n) is 3.33. The summed E-state index contributed by atoms with van der Waals surface area (Å²) >= 11 is 0. The molecule has 0 bridgehead atoms. The Labute approximate surface area is 169 Å². The number of methoxy groups -OCH3 is 1. The van der Waals surface area contributed by atoms with Crippen LogP contribution in [0.5, 0.6) is 11.5 Å². The van der Waals surface area contributed by atoms with Gasteiger partial charge in [0.15, 0.2) is 5.78 Å². The third-order valence-electron chi connectivity index (χ3n) is 4.87. The largest absolute Gasteiger partial charge is 0.497 e. The summed E-state index contributed by atoms with van der Waals surface area (Å²) in [6, 6.07) is 12.1. The molecular weight excluding hydrogens is 350 g/mol. The number of hydrogen-bond acceptors (Lipinski definition) is 4. The maximum Gasteiger partial charge on any atom is 0.160 e. The van der Waals surface area contributed by atoms with Crippen molar-refractivity contribution in [2.24, 2.45) is 0 Å². The monoisotopic (exact) mass is 383 g/mol. The average molecular weight is 384 g/mol. The number of aryl methyl sites for hydroxylation is 1. The van der Waals surface area contributed by atoms with Crippen LogP contribution >= 0.6 is 0 Å². The van der Waals surface area contributed by atoms with Crippen LogP contribution < -0.4 is 14.8 Å². The summed E-state index contributed by atoms with van der Waals surface area (Å²) in [6.07, 6.45) is 0.752. The van der Waals surface area contributed by atoms with Crippen LogP contribution in [0.15, 0.2) is 36.4 Å². The lowest BCUT2D eigenvalue weighted by Gasteiger charge is -2.24. The van der Waals surface area contributed by atoms with Crippen molar-refractivity contribution < 1.29 is 14.3 Å². The summed E-state index contributed by atoms with van der Waals surface area (Å²) in [5.41, 5.74) is 3.97. The molecule has 0 amide bonds. The number of ether oxygens (including phenoxy) is 2. The van der Waals surface area contributed by atoms with Crippen LogP contribution in [0.1, 0.15) is 60.7 Å². The van der Waals surface area contributed by atoms with Crippen molar-refractivity contribution in [3.63, 3.8) is 0 Å². The van der Waals surface area contributed by atoms with Gasteiger partial charge in [0.2, 0.25) is 0 Å². The Balaban J connectivity index is 2.32. The van der Waals surface area contributed by atoms with Gasteiger partial charge in [-0.25, -0.2) is 0 Å². The van der Waals surface area contributed by atoms with Gasteiger partial charge in [-0.05, 0) is 67.3 Å². The molecule has 28 heavy (non-hydrogen) atoms. The van der Waals surface area contributed by atoms with E-state index in [4.69, 9.17) is 9.47 Å². The Kier molecular flexibility index (Phi) is 8.06. The van der Waals surface area contributed by atoms with Gasteiger partial charge in [0.05, 0.1) is 7.11 Å². The van der Waals surface area contributed by atoms with Crippen LogP contribution in [0.3, 0.4) is 0 Å². The number of likely N-dealkylation sites (N-methyl/N-ethyl adjacent to an activating group) is 1. The first kappa shape index (κ1) is 22.0. The van der Waals surface area contributed by atoms with Gasteiger partial charge in [0.25, 0.3) is 0 Å². The Hall–Kier alpha value is -2.33. The minimum absolute atomic E-state index is 0.0212. The van der Waals surface area contributed by atoms with E-state index in [1.54, 1.807) is 14.0 Å². The van der Waals surface area contributed by atoms with Crippen molar-refractivity contribution in [3.8, 4) is 11.5 Å². The lowest BCUT2D eigenvalue weighted by molar-refractivity contribution is 0.101. The van der Waals surface area contributed by atoms with Crippen LogP contribution in [0.2, 0.25) is 0 Å². The maximum atomic E-state index is 12.0. The van der Waals surface area contributed by atoms with Gasteiger partial charge in [-0.1, -0.05) is 32.9 Å². The Morgan fingerprint density at radius 2 is 1.93 bits per heavy atom. The second-order valence-electron chi connectivity index (χ2n) is 7.52. The molecule has 0 saturated heterocycles. The Bertz CT molecular complexity index is 798. The first-order valence-electron chi connectivity index (χ1n) is 10.0. The van der Waals surface area contributed by atoms with Crippen molar-refractivity contribution in [1.82, 2.24) is 5.32 Å². The number of Topliss-reactive ketones (excluding diaryl/α,β-unsaturated/α-hetero) is 1. The third kappa shape index (κ3) is 5.83. The van der Waals surface area contributed by atoms with E-state index < -0.39 is 0 Å². The molecule has 0 radical (unpaired) electrons. The Morgan fingerprint density at radius 1 is 1.18 bits per heavy atom. The molecule has 0 fully saturated rings. The van der Waals surface area contributed by atoms with Crippen LogP contribution in [-0.4, -0.2) is 32.1 Å². The van der Waals surface area contributed by atoms with E-state index in [1.807, 2.05) is 31.2 Å². The van der Waals surface area contributed by atoms with Crippen LogP contribution in [0, 0.1) is 6.92 Å². The third-order valence-corrected chi connectivity index (χ3v) is 4.87. The van der Waals surface area contributed by atoms with Crippen molar-refractivity contribution in [2.75, 3.05) is 20.2 Å². The molecule has 4 heteroatoms. The average Bonchev–Trinajstić information content (AvgIpc) is 2.65. The Morgan fingerprint density at radius 3 is 2.54 bits per heavy atom. The first-order chi connectivity index (χ1) is 13.3. The molecule has 4 nitrogen and oxygen atoms in total. The molecule has 0 saturated carbocycles. The van der Waals surface area contributed by atoms with Crippen molar-refractivity contribution in [1.29, 1.82) is 0 Å². The van der Waals surface area contributed by atoms with Crippen LogP contribution in [0.4, 0.5) is 0 Å². The smallest absolute Gasteiger partial charge is 0.160 e. The number of carbonyl (C=O) groups excluding carboxylic acids is 1. The standard InChI is InChI=1S/C24H33NO3/c1-7-25-15-21(13-19-9-8-10-20(12-19)27-6)28-24-11-17(4)23(18(5)26)14-22(24)16(2)3/h8-12,14,16,21,25H,7,13,15H2,1-6H3. The second kappa shape index (κ2) is 10.3. The van der Waals surface area contributed by atoms with Gasteiger partial charge < -0.3 is 14.8 Å². The lowest BCUT2D eigenvalue weighted by atomic mass is 9.95. The quantitative estimate of drug-likeness (QED) is 0.591. The molecule has 152 valence electrons. The zero-order chi connectivity index (χ0) is 20.7. The molecule has 0 aliphatic heterocycles. The minimum Gasteiger partial charge on any atom is -0.497 e. The van der Waals surface area contributed by atoms with E-state index in [1.165, 1.54) is 5.56 Å². The molecular formula is C24H33NO3. The molecule has 2 rings (SSSR count). The molecule has 0 spiro atoms.